The van der Waals surface area contributed by atoms with Crippen molar-refractivity contribution in [1.82, 2.24) is 0 Å². The second-order valence-corrected chi connectivity index (χ2v) is 5.99. The van der Waals surface area contributed by atoms with Crippen LogP contribution in [0.4, 0.5) is 0 Å². The fraction of sp³-hybridized carbons (Fsp3) is 0. The molecule has 24 heavy (non-hydrogen) atoms. The molecule has 0 unspecified atom stereocenters. The minimum absolute atomic E-state index is 0.271. The van der Waals surface area contributed by atoms with Gasteiger partial charge in [-0.3, -0.25) is 0 Å². The molecule has 0 saturated carbocycles. The first-order chi connectivity index (χ1) is 11.8. The maximum absolute atomic E-state index is 9.64. The Bertz CT molecular complexity index is 1200. The van der Waals surface area contributed by atoms with Crippen molar-refractivity contribution in [2.75, 3.05) is 0 Å². The van der Waals surface area contributed by atoms with Gasteiger partial charge in [0, 0.05) is 16.3 Å². The lowest BCUT2D eigenvalue weighted by Crippen LogP contribution is -1.83. The molecule has 1 heterocycles. The Hall–Kier alpha value is -3.26. The second-order valence-electron chi connectivity index (χ2n) is 5.99. The van der Waals surface area contributed by atoms with Gasteiger partial charge in [-0.15, -0.1) is 0 Å². The van der Waals surface area contributed by atoms with Crippen LogP contribution < -0.4 is 0 Å². The van der Waals surface area contributed by atoms with E-state index in [0.717, 1.165) is 38.5 Å². The largest absolute Gasteiger partial charge is 0.508 e. The highest BCUT2D eigenvalue weighted by Crippen LogP contribution is 2.41. The first-order valence-electron chi connectivity index (χ1n) is 7.94. The molecule has 0 radical (unpaired) electrons. The Labute approximate surface area is 138 Å². The van der Waals surface area contributed by atoms with Crippen LogP contribution in [0, 0.1) is 0 Å². The Kier molecular flexibility index (Phi) is 2.68. The summed E-state index contributed by atoms with van der Waals surface area (Å²) in [5.74, 6) is 0.271. The summed E-state index contributed by atoms with van der Waals surface area (Å²) in [7, 11) is 0. The summed E-state index contributed by atoms with van der Waals surface area (Å²) in [5, 5.41) is 14.2. The van der Waals surface area contributed by atoms with Gasteiger partial charge < -0.3 is 9.52 Å². The van der Waals surface area contributed by atoms with Crippen molar-refractivity contribution in [3.8, 4) is 16.9 Å². The number of rotatable bonds is 1. The Balaban J connectivity index is 2.04. The van der Waals surface area contributed by atoms with E-state index in [9.17, 15) is 5.11 Å². The zero-order valence-electron chi connectivity index (χ0n) is 12.9. The number of fused-ring (bicyclic) bond motifs is 4. The molecule has 0 amide bonds. The van der Waals surface area contributed by atoms with E-state index in [0.29, 0.717) is 0 Å². The predicted octanol–water partition coefficient (Wildman–Crippen LogP) is 6.11. The number of phenolic OH excluding ortho intramolecular Hbond substituents is 1. The van der Waals surface area contributed by atoms with Gasteiger partial charge in [0.2, 0.25) is 0 Å². The van der Waals surface area contributed by atoms with E-state index < -0.39 is 0 Å². The lowest BCUT2D eigenvalue weighted by atomic mass is 9.93. The van der Waals surface area contributed by atoms with E-state index in [-0.39, 0.29) is 5.75 Å². The Morgan fingerprint density at radius 3 is 2.21 bits per heavy atom. The molecule has 0 atom stereocenters. The lowest BCUT2D eigenvalue weighted by Gasteiger charge is -2.09. The minimum atomic E-state index is 0.271. The van der Waals surface area contributed by atoms with Crippen LogP contribution in [-0.2, 0) is 0 Å². The van der Waals surface area contributed by atoms with E-state index in [1.54, 1.807) is 12.1 Å². The number of phenols is 1. The van der Waals surface area contributed by atoms with Gasteiger partial charge in [0.25, 0.3) is 0 Å². The van der Waals surface area contributed by atoms with Gasteiger partial charge in [0.1, 0.15) is 16.9 Å². The molecule has 5 rings (SSSR count). The summed E-state index contributed by atoms with van der Waals surface area (Å²) in [5.41, 5.74) is 4.00. The maximum Gasteiger partial charge on any atom is 0.136 e. The smallest absolute Gasteiger partial charge is 0.136 e. The Morgan fingerprint density at radius 2 is 1.38 bits per heavy atom. The average molecular weight is 310 g/mol. The number of para-hydroxylation sites is 1. The zero-order chi connectivity index (χ0) is 16.1. The van der Waals surface area contributed by atoms with E-state index in [2.05, 4.69) is 30.3 Å². The van der Waals surface area contributed by atoms with Crippen LogP contribution in [0.2, 0.25) is 0 Å². The molecule has 4 aromatic carbocycles. The summed E-state index contributed by atoms with van der Waals surface area (Å²) < 4.78 is 6.10. The van der Waals surface area contributed by atoms with Crippen LogP contribution in [0.25, 0.3) is 43.8 Å². The van der Waals surface area contributed by atoms with Gasteiger partial charge in [-0.1, -0.05) is 54.6 Å². The Morgan fingerprint density at radius 1 is 0.667 bits per heavy atom. The van der Waals surface area contributed by atoms with Crippen LogP contribution in [0.1, 0.15) is 0 Å². The van der Waals surface area contributed by atoms with Gasteiger partial charge in [-0.2, -0.15) is 0 Å². The summed E-state index contributed by atoms with van der Waals surface area (Å²) >= 11 is 0. The highest BCUT2D eigenvalue weighted by molar-refractivity contribution is 6.20. The number of benzene rings is 4. The van der Waals surface area contributed by atoms with E-state index in [1.807, 2.05) is 36.4 Å². The summed E-state index contributed by atoms with van der Waals surface area (Å²) in [6, 6.07) is 25.9. The zero-order valence-corrected chi connectivity index (χ0v) is 12.9. The van der Waals surface area contributed by atoms with Crippen LogP contribution in [0.3, 0.4) is 0 Å². The van der Waals surface area contributed by atoms with Gasteiger partial charge in [0.15, 0.2) is 0 Å². The highest BCUT2D eigenvalue weighted by Gasteiger charge is 2.15. The number of hydrogen-bond donors (Lipinski definition) is 1. The maximum atomic E-state index is 9.64. The molecule has 0 fully saturated rings. The number of aromatic hydroxyl groups is 1. The van der Waals surface area contributed by atoms with Crippen molar-refractivity contribution in [3.05, 3.63) is 78.9 Å². The van der Waals surface area contributed by atoms with Crippen molar-refractivity contribution in [3.63, 3.8) is 0 Å². The number of hydrogen-bond acceptors (Lipinski definition) is 2. The fourth-order valence-corrected chi connectivity index (χ4v) is 3.48. The summed E-state index contributed by atoms with van der Waals surface area (Å²) in [6.45, 7) is 0. The molecule has 114 valence electrons. The first-order valence-corrected chi connectivity index (χ1v) is 7.94. The lowest BCUT2D eigenvalue weighted by molar-refractivity contribution is 0.475. The van der Waals surface area contributed by atoms with Crippen LogP contribution in [-0.4, -0.2) is 5.11 Å². The molecule has 0 spiro atoms. The van der Waals surface area contributed by atoms with Crippen LogP contribution >= 0.6 is 0 Å². The molecule has 2 heteroatoms. The normalized spacial score (nSPS) is 11.5. The van der Waals surface area contributed by atoms with Crippen molar-refractivity contribution in [2.24, 2.45) is 0 Å². The topological polar surface area (TPSA) is 33.4 Å². The molecule has 2 nitrogen and oxygen atoms in total. The third kappa shape index (κ3) is 1.83. The van der Waals surface area contributed by atoms with Gasteiger partial charge in [-0.05, 0) is 40.6 Å². The van der Waals surface area contributed by atoms with Crippen molar-refractivity contribution in [2.45, 2.75) is 0 Å². The molecule has 1 aromatic heterocycles. The monoisotopic (exact) mass is 310 g/mol. The molecule has 1 N–H and O–H groups in total. The predicted molar refractivity (Wildman–Crippen MR) is 98.3 cm³/mol. The van der Waals surface area contributed by atoms with E-state index in [4.69, 9.17) is 4.42 Å². The number of furan rings is 1. The van der Waals surface area contributed by atoms with Crippen molar-refractivity contribution < 1.29 is 9.52 Å². The molecule has 0 aliphatic carbocycles. The minimum Gasteiger partial charge on any atom is -0.508 e. The van der Waals surface area contributed by atoms with Gasteiger partial charge >= 0.3 is 0 Å². The molecule has 0 saturated heterocycles. The van der Waals surface area contributed by atoms with E-state index >= 15 is 0 Å². The summed E-state index contributed by atoms with van der Waals surface area (Å²) in [6.07, 6.45) is 0. The van der Waals surface area contributed by atoms with Gasteiger partial charge in [0.05, 0.1) is 0 Å². The van der Waals surface area contributed by atoms with E-state index in [1.165, 1.54) is 5.39 Å². The molecule has 0 aliphatic rings. The first kappa shape index (κ1) is 13.2. The highest BCUT2D eigenvalue weighted by atomic mass is 16.3. The average Bonchev–Trinajstić information content (AvgIpc) is 2.98. The SMILES string of the molecule is Oc1ccc(-c2c3ccccc3cc3oc4ccccc4c23)cc1. The molecular formula is C22H14O2. The van der Waals surface area contributed by atoms with Crippen molar-refractivity contribution >= 4 is 32.7 Å². The fourth-order valence-electron chi connectivity index (χ4n) is 3.48. The molecule has 5 aromatic rings. The molecule has 0 aliphatic heterocycles. The van der Waals surface area contributed by atoms with Crippen molar-refractivity contribution in [1.29, 1.82) is 0 Å². The quantitative estimate of drug-likeness (QED) is 0.405. The third-order valence-corrected chi connectivity index (χ3v) is 4.55. The molecular weight excluding hydrogens is 296 g/mol. The second kappa shape index (κ2) is 4.87. The van der Waals surface area contributed by atoms with Crippen LogP contribution in [0.5, 0.6) is 5.75 Å². The van der Waals surface area contributed by atoms with Crippen LogP contribution in [0.15, 0.2) is 83.3 Å². The standard InChI is InChI=1S/C22H14O2/c23-16-11-9-14(10-12-16)21-17-6-2-1-5-15(17)13-20-22(21)18-7-3-4-8-19(18)24-20/h1-13,23H. The van der Waals surface area contributed by atoms with Gasteiger partial charge in [-0.25, -0.2) is 0 Å². The third-order valence-electron chi connectivity index (χ3n) is 4.55. The molecule has 0 bridgehead atoms. The summed E-state index contributed by atoms with van der Waals surface area (Å²) in [4.78, 5) is 0.